The van der Waals surface area contributed by atoms with Gasteiger partial charge in [-0.2, -0.15) is 9.29 Å². The number of carbonyl (C=O) groups excluding carboxylic acids is 2. The van der Waals surface area contributed by atoms with Crippen molar-refractivity contribution in [1.29, 1.82) is 0 Å². The van der Waals surface area contributed by atoms with Crippen LogP contribution >= 0.6 is 15.6 Å². The van der Waals surface area contributed by atoms with E-state index >= 15 is 0 Å². The zero-order valence-electron chi connectivity index (χ0n) is 39.6. The molecule has 3 heterocycles. The van der Waals surface area contributed by atoms with E-state index in [1.54, 1.807) is 0 Å². The molecule has 19 nitrogen and oxygen atoms in total. The Morgan fingerprint density at radius 3 is 2.07 bits per heavy atom. The highest BCUT2D eigenvalue weighted by molar-refractivity contribution is 7.61. The van der Waals surface area contributed by atoms with Crippen molar-refractivity contribution in [3.8, 4) is 0 Å². The number of ether oxygens (including phenoxy) is 4. The number of nitrogens with two attached hydrogens (primary N) is 1. The van der Waals surface area contributed by atoms with Crippen molar-refractivity contribution < 1.29 is 71.0 Å². The smallest absolute Gasteiger partial charge is 0.462 e. The summed E-state index contributed by atoms with van der Waals surface area (Å²) >= 11 is 0. The van der Waals surface area contributed by atoms with Gasteiger partial charge in [0, 0.05) is 19.0 Å². The lowest BCUT2D eigenvalue weighted by Crippen LogP contribution is -2.36. The predicted octanol–water partition coefficient (Wildman–Crippen LogP) is 8.06. The second kappa shape index (κ2) is 31.9. The summed E-state index contributed by atoms with van der Waals surface area (Å²) in [5, 5.41) is 20.9. The van der Waals surface area contributed by atoms with Crippen LogP contribution in [0.2, 0.25) is 0 Å². The molecule has 67 heavy (non-hydrogen) atoms. The summed E-state index contributed by atoms with van der Waals surface area (Å²) in [4.78, 5) is 61.7. The lowest BCUT2D eigenvalue weighted by atomic mass is 10.0. The first-order valence-corrected chi connectivity index (χ1v) is 27.0. The van der Waals surface area contributed by atoms with Gasteiger partial charge in [0.2, 0.25) is 0 Å². The predicted molar refractivity (Wildman–Crippen MR) is 251 cm³/mol. The van der Waals surface area contributed by atoms with E-state index in [1.165, 1.54) is 51.0 Å². The molecule has 0 aromatic carbocycles. The Bertz CT molecular complexity index is 1840. The molecule has 0 radical (unpaired) electrons. The summed E-state index contributed by atoms with van der Waals surface area (Å²) < 4.78 is 62.3. The fourth-order valence-electron chi connectivity index (χ4n) is 7.18. The van der Waals surface area contributed by atoms with Crippen molar-refractivity contribution in [3.05, 3.63) is 59.2 Å². The molecule has 4 unspecified atom stereocenters. The van der Waals surface area contributed by atoms with Gasteiger partial charge in [-0.1, -0.05) is 121 Å². The zero-order valence-corrected chi connectivity index (χ0v) is 41.3. The van der Waals surface area contributed by atoms with E-state index in [0.717, 1.165) is 62.1 Å². The highest BCUT2D eigenvalue weighted by Crippen LogP contribution is 2.60. The van der Waals surface area contributed by atoms with Crippen LogP contribution in [0.5, 0.6) is 0 Å². The summed E-state index contributed by atoms with van der Waals surface area (Å²) in [6, 6.07) is 1.24. The van der Waals surface area contributed by atoms with E-state index in [-0.39, 0.29) is 24.8 Å². The summed E-state index contributed by atoms with van der Waals surface area (Å²) in [7, 11) is -10.9. The number of anilines is 1. The molecule has 9 atom stereocenters. The summed E-state index contributed by atoms with van der Waals surface area (Å²) in [6.45, 7) is 4.29. The molecule has 2 fully saturated rings. The van der Waals surface area contributed by atoms with Gasteiger partial charge in [-0.05, 0) is 63.4 Å². The van der Waals surface area contributed by atoms with Gasteiger partial charge in [0.1, 0.15) is 30.7 Å². The van der Waals surface area contributed by atoms with E-state index in [0.29, 0.717) is 31.3 Å². The fraction of sp³-hybridized carbons (Fsp3) is 0.739. The summed E-state index contributed by atoms with van der Waals surface area (Å²) in [6.07, 6.45) is 24.4. The van der Waals surface area contributed by atoms with Crippen LogP contribution in [0.1, 0.15) is 155 Å². The summed E-state index contributed by atoms with van der Waals surface area (Å²) in [5.74, 6) is -0.657. The van der Waals surface area contributed by atoms with Gasteiger partial charge >= 0.3 is 33.3 Å². The van der Waals surface area contributed by atoms with E-state index in [9.17, 15) is 43.5 Å². The minimum atomic E-state index is -5.43. The number of phosphoric ester groups is 2. The molecule has 2 aliphatic heterocycles. The number of aliphatic hydroxyl groups is 2. The number of nitrogen functional groups attached to an aromatic ring is 1. The van der Waals surface area contributed by atoms with Crippen LogP contribution in [0.3, 0.4) is 0 Å². The van der Waals surface area contributed by atoms with E-state index in [2.05, 4.69) is 54.4 Å². The van der Waals surface area contributed by atoms with Crippen LogP contribution in [0.25, 0.3) is 0 Å². The number of unbranched alkanes of at least 4 members (excludes halogenated alkanes) is 11. The Morgan fingerprint density at radius 1 is 0.776 bits per heavy atom. The maximum atomic E-state index is 12.8. The van der Waals surface area contributed by atoms with E-state index in [1.807, 2.05) is 12.2 Å². The molecule has 382 valence electrons. The van der Waals surface area contributed by atoms with Crippen molar-refractivity contribution >= 4 is 33.4 Å². The molecular formula is C46H77N3O16P2. The molecule has 3 rings (SSSR count). The van der Waals surface area contributed by atoms with Gasteiger partial charge in [0.25, 0.3) is 0 Å². The first kappa shape index (κ1) is 58.3. The second-order valence-corrected chi connectivity index (χ2v) is 20.5. The molecule has 1 aromatic rings. The van der Waals surface area contributed by atoms with E-state index < -0.39 is 83.7 Å². The Balaban J connectivity index is 1.43. The van der Waals surface area contributed by atoms with Crippen molar-refractivity contribution in [1.82, 2.24) is 9.55 Å². The Morgan fingerprint density at radius 2 is 1.39 bits per heavy atom. The van der Waals surface area contributed by atoms with E-state index in [4.69, 9.17) is 33.7 Å². The summed E-state index contributed by atoms with van der Waals surface area (Å²) in [5.41, 5.74) is 4.58. The molecular weight excluding hydrogens is 912 g/mol. The largest absolute Gasteiger partial charge is 0.481 e. The number of rotatable bonds is 37. The van der Waals surface area contributed by atoms with Crippen LogP contribution in [0.15, 0.2) is 53.5 Å². The topological polar surface area (TPSA) is 278 Å². The van der Waals surface area contributed by atoms with Gasteiger partial charge < -0.3 is 44.7 Å². The zero-order chi connectivity index (χ0) is 49.1. The number of esters is 2. The number of hydrogen-bond acceptors (Lipinski definition) is 16. The number of carbonyl (C=O) groups is 2. The minimum Gasteiger partial charge on any atom is -0.462 e. The van der Waals surface area contributed by atoms with Crippen molar-refractivity contribution in [3.63, 3.8) is 0 Å². The Labute approximate surface area is 395 Å². The molecule has 21 heteroatoms. The maximum Gasteiger partial charge on any atom is 0.481 e. The standard InChI is InChI=1S/C46H77N3O16P2/c1-4-5-6-7-16-21-26-37-38(63-37)27-22-17-12-10-14-19-24-29-42(51)62-36(32-59-41(50)28-23-18-13-9-8-11-15-20-25-35(2)3)33-60-66(55,56)65-67(57,58)61-34-39-43(52)44(53)45(64-39)49-31-30-40(47)48-46(49)54/h10,14,16-17,21-22,30-31,35-39,43-45,52-53H,4-9,11-13,15,18-20,23-29,32-34H2,1-3H3,(H,55,56)(H,57,58)(H2,47,48,54)/b14-10-,21-16-,22-17-/t36-,37?,38?,39-,43-,44-,45-/m1/s1. The molecule has 0 aliphatic carbocycles. The lowest BCUT2D eigenvalue weighted by molar-refractivity contribution is -0.161. The Hall–Kier alpha value is -3.06. The van der Waals surface area contributed by atoms with Gasteiger partial charge in [-0.3, -0.25) is 23.2 Å². The molecule has 6 N–H and O–H groups in total. The molecule has 2 aliphatic rings. The second-order valence-electron chi connectivity index (χ2n) is 17.5. The first-order chi connectivity index (χ1) is 32.0. The van der Waals surface area contributed by atoms with Gasteiger partial charge in [0.15, 0.2) is 12.3 Å². The fourth-order valence-corrected chi connectivity index (χ4v) is 9.29. The highest BCUT2D eigenvalue weighted by Gasteiger charge is 2.46. The number of allylic oxidation sites excluding steroid dienone is 4. The van der Waals surface area contributed by atoms with Crippen LogP contribution in [0, 0.1) is 5.92 Å². The van der Waals surface area contributed by atoms with Crippen molar-refractivity contribution in [2.24, 2.45) is 5.92 Å². The van der Waals surface area contributed by atoms with Crippen LogP contribution in [0.4, 0.5) is 5.82 Å². The molecule has 0 saturated carbocycles. The molecule has 1 aromatic heterocycles. The maximum absolute atomic E-state index is 12.8. The number of phosphoric acid groups is 2. The molecule has 2 saturated heterocycles. The van der Waals surface area contributed by atoms with Crippen LogP contribution in [-0.4, -0.2) is 97.9 Å². The third-order valence-corrected chi connectivity index (χ3v) is 13.7. The van der Waals surface area contributed by atoms with Crippen LogP contribution in [-0.2, 0) is 51.0 Å². The van der Waals surface area contributed by atoms with Gasteiger partial charge in [0.05, 0.1) is 25.4 Å². The third-order valence-electron chi connectivity index (χ3n) is 11.1. The number of aromatic nitrogens is 2. The van der Waals surface area contributed by atoms with Crippen molar-refractivity contribution in [2.45, 2.75) is 192 Å². The number of epoxide rings is 1. The molecule has 0 bridgehead atoms. The van der Waals surface area contributed by atoms with Gasteiger partial charge in [-0.25, -0.2) is 13.9 Å². The quantitative estimate of drug-likeness (QED) is 0.0138. The molecule has 0 spiro atoms. The number of aliphatic hydroxyl groups excluding tert-OH is 2. The SMILES string of the molecule is CCCCC/C=C\CC1OC1C/C=C\C/C=C\CCCC(=O)O[C@H](COC(=O)CCCCCCCCCCC(C)C)COP(=O)(O)OP(=O)(O)OC[C@H]1O[C@@H](n2ccc(N)nc2=O)[C@H](O)[C@@H]1O. The normalized spacial score (nSPS) is 23.0. The third kappa shape index (κ3) is 25.4. The molecule has 0 amide bonds. The monoisotopic (exact) mass is 989 g/mol. The van der Waals surface area contributed by atoms with Crippen LogP contribution < -0.4 is 11.4 Å². The highest BCUT2D eigenvalue weighted by atomic mass is 31.3. The number of nitrogens with zero attached hydrogens (tertiary/aromatic N) is 2. The number of hydrogen-bond donors (Lipinski definition) is 5. The average molecular weight is 990 g/mol. The lowest BCUT2D eigenvalue weighted by Gasteiger charge is -2.21. The van der Waals surface area contributed by atoms with Crippen molar-refractivity contribution in [2.75, 3.05) is 25.6 Å². The van der Waals surface area contributed by atoms with Gasteiger partial charge in [-0.15, -0.1) is 0 Å². The first-order valence-electron chi connectivity index (χ1n) is 24.0. The Kier molecular flexibility index (Phi) is 27.8. The average Bonchev–Trinajstić information content (AvgIpc) is 3.96. The minimum absolute atomic E-state index is 0.0309.